The Morgan fingerprint density at radius 3 is 2.82 bits per heavy atom. The maximum Gasteiger partial charge on any atom is 0.193 e. The average Bonchev–Trinajstić information content (AvgIpc) is 3.19. The lowest BCUT2D eigenvalue weighted by Crippen LogP contribution is -2.16. The second kappa shape index (κ2) is 6.20. The maximum atomic E-state index is 12.1. The highest BCUT2D eigenvalue weighted by Crippen LogP contribution is 2.46. The fraction of sp³-hybridized carbons (Fsp3) is 0.471. The number of epoxide rings is 1. The van der Waals surface area contributed by atoms with Gasteiger partial charge in [0.15, 0.2) is 11.0 Å². The van der Waals surface area contributed by atoms with Crippen molar-refractivity contribution < 1.29 is 18.6 Å². The number of para-hydroxylation sites is 1. The molecule has 0 saturated carbocycles. The second-order valence-electron chi connectivity index (χ2n) is 5.46. The highest BCUT2D eigenvalue weighted by Gasteiger charge is 2.56. The Bertz CT molecular complexity index is 708. The zero-order valence-electron chi connectivity index (χ0n) is 12.8. The molecule has 0 radical (unpaired) electrons. The molecular formula is C17H20O5. The highest BCUT2D eigenvalue weighted by atomic mass is 16.6. The zero-order chi connectivity index (χ0) is 15.6. The van der Waals surface area contributed by atoms with E-state index in [-0.39, 0.29) is 11.5 Å². The Morgan fingerprint density at radius 1 is 1.23 bits per heavy atom. The first-order chi connectivity index (χ1) is 10.6. The molecule has 1 aromatic carbocycles. The minimum Gasteiger partial charge on any atom is -0.458 e. The molecule has 1 saturated heterocycles. The molecule has 2 heterocycles. The third-order valence-corrected chi connectivity index (χ3v) is 3.91. The van der Waals surface area contributed by atoms with Crippen molar-refractivity contribution in [2.75, 3.05) is 26.4 Å². The van der Waals surface area contributed by atoms with Crippen LogP contribution < -0.4 is 5.43 Å². The summed E-state index contributed by atoms with van der Waals surface area (Å²) in [7, 11) is 0. The molecule has 2 aromatic rings. The van der Waals surface area contributed by atoms with Gasteiger partial charge in [-0.05, 0) is 26.0 Å². The lowest BCUT2D eigenvalue weighted by molar-refractivity contribution is 0.0464. The molecule has 0 N–H and O–H groups in total. The monoisotopic (exact) mass is 304 g/mol. The average molecular weight is 304 g/mol. The first-order valence-corrected chi connectivity index (χ1v) is 7.52. The summed E-state index contributed by atoms with van der Waals surface area (Å²) in [5.74, 6) is 0.551. The number of hydrogen-bond donors (Lipinski definition) is 0. The van der Waals surface area contributed by atoms with E-state index in [0.717, 1.165) is 0 Å². The quantitative estimate of drug-likeness (QED) is 0.581. The Kier molecular flexibility index (Phi) is 4.29. The summed E-state index contributed by atoms with van der Waals surface area (Å²) in [5, 5.41) is 0.583. The van der Waals surface area contributed by atoms with Gasteiger partial charge in [-0.15, -0.1) is 0 Å². The standard InChI is InChI=1S/C17H20O5/c1-3-19-8-9-20-11-16-17(2,22-16)15-10-13(18)12-6-4-5-7-14(12)21-15/h4-7,10,16H,3,8-9,11H2,1-2H3/t16-,17+/m1/s1. The summed E-state index contributed by atoms with van der Waals surface area (Å²) in [6, 6.07) is 8.74. The fourth-order valence-electron chi connectivity index (χ4n) is 2.47. The van der Waals surface area contributed by atoms with E-state index in [1.807, 2.05) is 26.0 Å². The van der Waals surface area contributed by atoms with Crippen LogP contribution >= 0.6 is 0 Å². The molecule has 1 aromatic heterocycles. The second-order valence-corrected chi connectivity index (χ2v) is 5.46. The van der Waals surface area contributed by atoms with Crippen LogP contribution in [0.3, 0.4) is 0 Å². The topological polar surface area (TPSA) is 61.2 Å². The predicted molar refractivity (Wildman–Crippen MR) is 82.0 cm³/mol. The van der Waals surface area contributed by atoms with E-state index in [1.165, 1.54) is 6.07 Å². The Balaban J connectivity index is 1.68. The summed E-state index contributed by atoms with van der Waals surface area (Å²) in [4.78, 5) is 12.1. The van der Waals surface area contributed by atoms with Gasteiger partial charge in [0.1, 0.15) is 17.4 Å². The van der Waals surface area contributed by atoms with E-state index in [4.69, 9.17) is 18.6 Å². The molecule has 0 aliphatic carbocycles. The van der Waals surface area contributed by atoms with Gasteiger partial charge in [-0.2, -0.15) is 0 Å². The number of fused-ring (bicyclic) bond motifs is 1. The van der Waals surface area contributed by atoms with Gasteiger partial charge in [0.05, 0.1) is 25.2 Å². The summed E-state index contributed by atoms with van der Waals surface area (Å²) in [6.07, 6.45) is -0.0987. The number of hydrogen-bond acceptors (Lipinski definition) is 5. The summed E-state index contributed by atoms with van der Waals surface area (Å²) in [6.45, 7) is 6.11. The summed E-state index contributed by atoms with van der Waals surface area (Å²) < 4.78 is 22.3. The van der Waals surface area contributed by atoms with Crippen molar-refractivity contribution in [2.24, 2.45) is 0 Å². The molecule has 22 heavy (non-hydrogen) atoms. The third-order valence-electron chi connectivity index (χ3n) is 3.91. The van der Waals surface area contributed by atoms with Crippen LogP contribution in [0.5, 0.6) is 0 Å². The van der Waals surface area contributed by atoms with Crippen LogP contribution in [0, 0.1) is 0 Å². The third kappa shape index (κ3) is 2.92. The van der Waals surface area contributed by atoms with Gasteiger partial charge in [0, 0.05) is 12.7 Å². The van der Waals surface area contributed by atoms with Crippen LogP contribution in [0.2, 0.25) is 0 Å². The largest absolute Gasteiger partial charge is 0.458 e. The van der Waals surface area contributed by atoms with Crippen LogP contribution in [0.25, 0.3) is 11.0 Å². The van der Waals surface area contributed by atoms with Crippen LogP contribution in [0.4, 0.5) is 0 Å². The van der Waals surface area contributed by atoms with Crippen LogP contribution in [0.15, 0.2) is 39.5 Å². The van der Waals surface area contributed by atoms with E-state index in [0.29, 0.717) is 43.2 Å². The lowest BCUT2D eigenvalue weighted by Gasteiger charge is -2.07. The molecule has 0 spiro atoms. The first kappa shape index (κ1) is 15.2. The van der Waals surface area contributed by atoms with E-state index < -0.39 is 5.60 Å². The minimum absolute atomic E-state index is 0.0513. The molecule has 118 valence electrons. The normalized spacial score (nSPS) is 23.8. The summed E-state index contributed by atoms with van der Waals surface area (Å²) in [5.41, 5.74) is -0.0586. The molecule has 3 rings (SSSR count). The molecule has 5 nitrogen and oxygen atoms in total. The Morgan fingerprint density at radius 2 is 2.00 bits per heavy atom. The van der Waals surface area contributed by atoms with Crippen molar-refractivity contribution in [1.82, 2.24) is 0 Å². The Hall–Kier alpha value is -1.69. The molecule has 2 atom stereocenters. The molecular weight excluding hydrogens is 284 g/mol. The molecule has 0 bridgehead atoms. The Labute approximate surface area is 128 Å². The number of ether oxygens (including phenoxy) is 3. The lowest BCUT2D eigenvalue weighted by atomic mass is 10.0. The van der Waals surface area contributed by atoms with Crippen molar-refractivity contribution in [3.8, 4) is 0 Å². The summed E-state index contributed by atoms with van der Waals surface area (Å²) >= 11 is 0. The molecule has 0 unspecified atom stereocenters. The van der Waals surface area contributed by atoms with Crippen molar-refractivity contribution in [1.29, 1.82) is 0 Å². The maximum absolute atomic E-state index is 12.1. The van der Waals surface area contributed by atoms with Crippen molar-refractivity contribution in [2.45, 2.75) is 25.6 Å². The van der Waals surface area contributed by atoms with Crippen molar-refractivity contribution >= 4 is 11.0 Å². The van der Waals surface area contributed by atoms with E-state index >= 15 is 0 Å². The molecule has 1 aliphatic heterocycles. The van der Waals surface area contributed by atoms with Gasteiger partial charge in [-0.3, -0.25) is 4.79 Å². The highest BCUT2D eigenvalue weighted by molar-refractivity contribution is 5.76. The van der Waals surface area contributed by atoms with Gasteiger partial charge >= 0.3 is 0 Å². The van der Waals surface area contributed by atoms with Gasteiger partial charge < -0.3 is 18.6 Å². The van der Waals surface area contributed by atoms with E-state index in [1.54, 1.807) is 12.1 Å². The minimum atomic E-state index is -0.588. The van der Waals surface area contributed by atoms with Crippen LogP contribution in [0.1, 0.15) is 19.6 Å². The van der Waals surface area contributed by atoms with Gasteiger partial charge in [-0.1, -0.05) is 12.1 Å². The van der Waals surface area contributed by atoms with Crippen molar-refractivity contribution in [3.05, 3.63) is 46.3 Å². The number of benzene rings is 1. The SMILES string of the molecule is CCOCCOC[C@H]1O[C@@]1(C)c1cc(=O)c2ccccc2o1. The molecule has 5 heteroatoms. The smallest absolute Gasteiger partial charge is 0.193 e. The zero-order valence-corrected chi connectivity index (χ0v) is 12.8. The number of rotatable bonds is 7. The van der Waals surface area contributed by atoms with Crippen LogP contribution in [-0.4, -0.2) is 32.5 Å². The van der Waals surface area contributed by atoms with Gasteiger partial charge in [0.25, 0.3) is 0 Å². The van der Waals surface area contributed by atoms with Gasteiger partial charge in [0.2, 0.25) is 0 Å². The first-order valence-electron chi connectivity index (χ1n) is 7.52. The van der Waals surface area contributed by atoms with E-state index in [2.05, 4.69) is 0 Å². The predicted octanol–water partition coefficient (Wildman–Crippen LogP) is 2.46. The fourth-order valence-corrected chi connectivity index (χ4v) is 2.47. The van der Waals surface area contributed by atoms with E-state index in [9.17, 15) is 4.79 Å². The molecule has 1 aliphatic rings. The van der Waals surface area contributed by atoms with Crippen molar-refractivity contribution in [3.63, 3.8) is 0 Å². The van der Waals surface area contributed by atoms with Crippen LogP contribution in [-0.2, 0) is 19.8 Å². The molecule has 1 fully saturated rings. The van der Waals surface area contributed by atoms with Gasteiger partial charge in [-0.25, -0.2) is 0 Å². The molecule has 0 amide bonds.